The third kappa shape index (κ3) is 5.08. The number of nitrogens with two attached hydrogens (primary N) is 1. The minimum absolute atomic E-state index is 0.00620. The molecule has 1 heterocycles. The molecule has 2 amide bonds. The predicted molar refractivity (Wildman–Crippen MR) is 141 cm³/mol. The zero-order valence-corrected chi connectivity index (χ0v) is 21.4. The molecule has 0 spiro atoms. The van der Waals surface area contributed by atoms with Gasteiger partial charge in [0.25, 0.3) is 0 Å². The summed E-state index contributed by atoms with van der Waals surface area (Å²) >= 11 is 0. The van der Waals surface area contributed by atoms with Crippen molar-refractivity contribution in [2.75, 3.05) is 25.5 Å². The molecule has 4 rings (SSSR count). The van der Waals surface area contributed by atoms with E-state index in [1.54, 1.807) is 7.05 Å². The first-order valence-corrected chi connectivity index (χ1v) is 13.0. The van der Waals surface area contributed by atoms with Gasteiger partial charge >= 0.3 is 0 Å². The molecule has 6 nitrogen and oxygen atoms in total. The number of anilines is 2. The molecule has 1 aliphatic carbocycles. The summed E-state index contributed by atoms with van der Waals surface area (Å²) in [6.45, 7) is 2.52. The van der Waals surface area contributed by atoms with Crippen molar-refractivity contribution in [2.24, 2.45) is 17.6 Å². The van der Waals surface area contributed by atoms with Crippen molar-refractivity contribution in [1.29, 1.82) is 0 Å². The highest BCUT2D eigenvalue weighted by atomic mass is 16.2. The molecule has 6 heteroatoms. The fourth-order valence-electron chi connectivity index (χ4n) is 6.12. The monoisotopic (exact) mass is 476 g/mol. The fraction of sp³-hybridized carbons (Fsp3) is 0.517. The molecule has 35 heavy (non-hydrogen) atoms. The van der Waals surface area contributed by atoms with Crippen LogP contribution in [-0.2, 0) is 9.59 Å². The molecule has 0 bridgehead atoms. The summed E-state index contributed by atoms with van der Waals surface area (Å²) < 4.78 is 0. The topological polar surface area (TPSA) is 78.7 Å². The second-order valence-electron chi connectivity index (χ2n) is 10.4. The van der Waals surface area contributed by atoms with Gasteiger partial charge in [-0.25, -0.2) is 0 Å². The van der Waals surface area contributed by atoms with Crippen LogP contribution >= 0.6 is 0 Å². The van der Waals surface area contributed by atoms with Gasteiger partial charge in [-0.1, -0.05) is 49.6 Å². The number of primary amides is 1. The maximum atomic E-state index is 14.2. The molecular formula is C29H40N4O2. The van der Waals surface area contributed by atoms with E-state index in [2.05, 4.69) is 53.7 Å². The number of para-hydroxylation sites is 1. The maximum Gasteiger partial charge on any atom is 0.238 e. The highest BCUT2D eigenvalue weighted by molar-refractivity contribution is 5.93. The minimum atomic E-state index is -1.07. The van der Waals surface area contributed by atoms with Crippen LogP contribution in [0.2, 0.25) is 0 Å². The Bertz CT molecular complexity index is 1020. The number of carbonyl (C=O) groups is 2. The Hall–Kier alpha value is -2.86. The molecule has 1 saturated heterocycles. The molecule has 1 saturated carbocycles. The summed E-state index contributed by atoms with van der Waals surface area (Å²) in [5, 5.41) is 3.15. The summed E-state index contributed by atoms with van der Waals surface area (Å²) in [6, 6.07) is 18.8. The Morgan fingerprint density at radius 1 is 1.00 bits per heavy atom. The number of likely N-dealkylation sites (N-methyl/N-ethyl adjacent to an activating group) is 1. The third-order valence-corrected chi connectivity index (χ3v) is 8.36. The summed E-state index contributed by atoms with van der Waals surface area (Å²) in [5.41, 5.74) is 8.19. The van der Waals surface area contributed by atoms with Gasteiger partial charge in [0.1, 0.15) is 5.54 Å². The number of nitrogens with one attached hydrogen (secondary N) is 1. The molecule has 2 aliphatic rings. The number of nitrogens with zero attached hydrogens (tertiary/aromatic N) is 2. The molecule has 3 N–H and O–H groups in total. The molecular weight excluding hydrogens is 436 g/mol. The van der Waals surface area contributed by atoms with Gasteiger partial charge in [0.15, 0.2) is 0 Å². The first-order chi connectivity index (χ1) is 16.9. The number of likely N-dealkylation sites (tertiary alicyclic amines) is 1. The Morgan fingerprint density at radius 3 is 2.34 bits per heavy atom. The highest BCUT2D eigenvalue weighted by Gasteiger charge is 2.50. The lowest BCUT2D eigenvalue weighted by Crippen LogP contribution is -2.63. The van der Waals surface area contributed by atoms with Gasteiger partial charge < -0.3 is 20.9 Å². The number of hydrogen-bond donors (Lipinski definition) is 2. The Labute approximate surface area is 209 Å². The van der Waals surface area contributed by atoms with Crippen LogP contribution in [0.3, 0.4) is 0 Å². The average molecular weight is 477 g/mol. The van der Waals surface area contributed by atoms with Crippen LogP contribution in [0.4, 0.5) is 11.4 Å². The number of carbonyl (C=O) groups excluding carboxylic acids is 2. The summed E-state index contributed by atoms with van der Waals surface area (Å²) in [5.74, 6) is -0.679. The average Bonchev–Trinajstić information content (AvgIpc) is 3.39. The first-order valence-electron chi connectivity index (χ1n) is 13.0. The Morgan fingerprint density at radius 2 is 1.69 bits per heavy atom. The van der Waals surface area contributed by atoms with Crippen LogP contribution in [0.1, 0.15) is 63.5 Å². The minimum Gasteiger partial charge on any atom is -0.368 e. The van der Waals surface area contributed by atoms with Crippen molar-refractivity contribution in [3.05, 3.63) is 60.2 Å². The lowest BCUT2D eigenvalue weighted by molar-refractivity contribution is -0.147. The van der Waals surface area contributed by atoms with E-state index in [0.29, 0.717) is 6.54 Å². The van der Waals surface area contributed by atoms with Crippen molar-refractivity contribution in [3.8, 4) is 0 Å². The summed E-state index contributed by atoms with van der Waals surface area (Å²) in [4.78, 5) is 31.1. The lowest BCUT2D eigenvalue weighted by Gasteiger charge is -2.43. The Balaban J connectivity index is 1.64. The second kappa shape index (κ2) is 10.8. The van der Waals surface area contributed by atoms with Crippen molar-refractivity contribution in [3.63, 3.8) is 0 Å². The molecule has 1 unspecified atom stereocenters. The van der Waals surface area contributed by atoms with E-state index in [-0.39, 0.29) is 17.9 Å². The molecule has 2 aromatic carbocycles. The lowest BCUT2D eigenvalue weighted by atomic mass is 9.69. The standard InChI is InChI=1S/C29H40N4O2/c1-29(31-2,28(30)35)26(21-12-6-4-7-13-21)27(34)33-19-11-18-25(33)22-14-10-17-24(20-22)32(3)23-15-8-5-9-16-23/h5,8-10,14-17,20-21,25-26,31H,4,6-7,11-13,18-19H2,1-3H3,(H2,30,35)/t25-,26-,29?/m1/s1. The number of amides is 2. The largest absolute Gasteiger partial charge is 0.368 e. The fourth-order valence-corrected chi connectivity index (χ4v) is 6.12. The van der Waals surface area contributed by atoms with Crippen LogP contribution < -0.4 is 16.0 Å². The van der Waals surface area contributed by atoms with Crippen molar-refractivity contribution in [1.82, 2.24) is 10.2 Å². The quantitative estimate of drug-likeness (QED) is 0.575. The van der Waals surface area contributed by atoms with Gasteiger partial charge in [-0.05, 0) is 75.4 Å². The van der Waals surface area contributed by atoms with E-state index >= 15 is 0 Å². The van der Waals surface area contributed by atoms with Crippen LogP contribution in [0, 0.1) is 11.8 Å². The van der Waals surface area contributed by atoms with Gasteiger partial charge in [-0.2, -0.15) is 0 Å². The van der Waals surface area contributed by atoms with Gasteiger partial charge in [-0.15, -0.1) is 0 Å². The van der Waals surface area contributed by atoms with Crippen molar-refractivity contribution in [2.45, 2.75) is 63.5 Å². The van der Waals surface area contributed by atoms with Crippen LogP contribution in [0.15, 0.2) is 54.6 Å². The zero-order chi connectivity index (χ0) is 25.0. The van der Waals surface area contributed by atoms with E-state index in [9.17, 15) is 9.59 Å². The SMILES string of the molecule is CNC(C)(C(N)=O)[C@@H](C(=O)N1CCC[C@@H]1c1cccc(N(C)c2ccccc2)c1)C1CCCCC1. The number of benzene rings is 2. The first kappa shape index (κ1) is 25.2. The molecule has 2 fully saturated rings. The van der Waals surface area contributed by atoms with Gasteiger partial charge in [-0.3, -0.25) is 9.59 Å². The smallest absolute Gasteiger partial charge is 0.238 e. The van der Waals surface area contributed by atoms with Gasteiger partial charge in [0.2, 0.25) is 11.8 Å². The Kier molecular flexibility index (Phi) is 7.80. The second-order valence-corrected chi connectivity index (χ2v) is 10.4. The van der Waals surface area contributed by atoms with Crippen LogP contribution in [0.5, 0.6) is 0 Å². The van der Waals surface area contributed by atoms with Gasteiger partial charge in [0.05, 0.1) is 12.0 Å². The van der Waals surface area contributed by atoms with Crippen molar-refractivity contribution >= 4 is 23.2 Å². The molecule has 1 aliphatic heterocycles. The molecule has 188 valence electrons. The van der Waals surface area contributed by atoms with Gasteiger partial charge in [0, 0.05) is 25.0 Å². The van der Waals surface area contributed by atoms with E-state index in [4.69, 9.17) is 5.73 Å². The van der Waals surface area contributed by atoms with Crippen molar-refractivity contribution < 1.29 is 9.59 Å². The van der Waals surface area contributed by atoms with E-state index < -0.39 is 17.4 Å². The van der Waals surface area contributed by atoms with E-state index in [0.717, 1.165) is 55.5 Å². The summed E-state index contributed by atoms with van der Waals surface area (Å²) in [7, 11) is 3.81. The van der Waals surface area contributed by atoms with Crippen LogP contribution in [0.25, 0.3) is 0 Å². The normalized spacial score (nSPS) is 21.3. The number of rotatable bonds is 8. The molecule has 0 radical (unpaired) electrons. The molecule has 2 aromatic rings. The van der Waals surface area contributed by atoms with Crippen LogP contribution in [-0.4, -0.2) is 42.9 Å². The summed E-state index contributed by atoms with van der Waals surface area (Å²) in [6.07, 6.45) is 7.22. The van der Waals surface area contributed by atoms with E-state index in [1.807, 2.05) is 30.0 Å². The predicted octanol–water partition coefficient (Wildman–Crippen LogP) is 4.78. The third-order valence-electron chi connectivity index (χ3n) is 8.36. The zero-order valence-electron chi connectivity index (χ0n) is 21.4. The highest BCUT2D eigenvalue weighted by Crippen LogP contribution is 2.41. The number of hydrogen-bond acceptors (Lipinski definition) is 4. The molecule has 3 atom stereocenters. The van der Waals surface area contributed by atoms with E-state index in [1.165, 1.54) is 6.42 Å². The maximum absolute atomic E-state index is 14.2. The molecule has 0 aromatic heterocycles.